The SMILES string of the molecule is CC(C)Cn1c(=O)c2cc(C#N)ccc2n1C. The van der Waals surface area contributed by atoms with Gasteiger partial charge in [0.05, 0.1) is 22.5 Å². The van der Waals surface area contributed by atoms with E-state index in [0.29, 0.717) is 23.4 Å². The fourth-order valence-electron chi connectivity index (χ4n) is 2.02. The largest absolute Gasteiger partial charge is 0.285 e. The predicted octanol–water partition coefficient (Wildman–Crippen LogP) is 1.87. The molecule has 0 radical (unpaired) electrons. The molecule has 1 aromatic heterocycles. The highest BCUT2D eigenvalue weighted by Crippen LogP contribution is 2.13. The van der Waals surface area contributed by atoms with Crippen LogP contribution in [0, 0.1) is 17.2 Å². The van der Waals surface area contributed by atoms with E-state index in [-0.39, 0.29) is 5.56 Å². The van der Waals surface area contributed by atoms with Gasteiger partial charge in [0.2, 0.25) is 0 Å². The molecule has 0 saturated heterocycles. The van der Waals surface area contributed by atoms with Crippen LogP contribution in [0.2, 0.25) is 0 Å². The second kappa shape index (κ2) is 4.10. The Bertz CT molecular complexity index is 656. The first-order chi connectivity index (χ1) is 8.04. The number of rotatable bonds is 2. The second-order valence-corrected chi connectivity index (χ2v) is 4.65. The van der Waals surface area contributed by atoms with E-state index in [1.165, 1.54) is 0 Å². The normalized spacial score (nSPS) is 11.0. The van der Waals surface area contributed by atoms with Gasteiger partial charge >= 0.3 is 0 Å². The van der Waals surface area contributed by atoms with E-state index < -0.39 is 0 Å². The lowest BCUT2D eigenvalue weighted by Crippen LogP contribution is -2.23. The lowest BCUT2D eigenvalue weighted by Gasteiger charge is -2.09. The zero-order chi connectivity index (χ0) is 12.6. The summed E-state index contributed by atoms with van der Waals surface area (Å²) in [6, 6.07) is 7.28. The molecule has 1 heterocycles. The van der Waals surface area contributed by atoms with Crippen molar-refractivity contribution < 1.29 is 0 Å². The summed E-state index contributed by atoms with van der Waals surface area (Å²) in [5.74, 6) is 0.408. The molecule has 17 heavy (non-hydrogen) atoms. The molecule has 0 unspecified atom stereocenters. The molecule has 0 aliphatic rings. The maximum Gasteiger partial charge on any atom is 0.274 e. The van der Waals surface area contributed by atoms with Crippen molar-refractivity contribution in [3.8, 4) is 6.07 Å². The van der Waals surface area contributed by atoms with E-state index in [2.05, 4.69) is 19.9 Å². The third-order valence-electron chi connectivity index (χ3n) is 2.84. The molecule has 0 atom stereocenters. The fourth-order valence-corrected chi connectivity index (χ4v) is 2.02. The van der Waals surface area contributed by atoms with Gasteiger partial charge < -0.3 is 0 Å². The van der Waals surface area contributed by atoms with Crippen LogP contribution in [-0.4, -0.2) is 9.36 Å². The zero-order valence-electron chi connectivity index (χ0n) is 10.3. The van der Waals surface area contributed by atoms with Crippen molar-refractivity contribution in [1.29, 1.82) is 5.26 Å². The van der Waals surface area contributed by atoms with Crippen LogP contribution < -0.4 is 5.56 Å². The monoisotopic (exact) mass is 229 g/mol. The highest BCUT2D eigenvalue weighted by molar-refractivity contribution is 5.80. The molecule has 0 N–H and O–H groups in total. The van der Waals surface area contributed by atoms with Gasteiger partial charge in [-0.2, -0.15) is 5.26 Å². The highest BCUT2D eigenvalue weighted by Gasteiger charge is 2.11. The Morgan fingerprint density at radius 2 is 2.12 bits per heavy atom. The van der Waals surface area contributed by atoms with E-state index in [0.717, 1.165) is 5.52 Å². The van der Waals surface area contributed by atoms with Crippen molar-refractivity contribution in [3.63, 3.8) is 0 Å². The van der Waals surface area contributed by atoms with E-state index in [1.54, 1.807) is 16.8 Å². The van der Waals surface area contributed by atoms with Crippen LogP contribution in [0.4, 0.5) is 0 Å². The van der Waals surface area contributed by atoms with Crippen molar-refractivity contribution in [2.24, 2.45) is 13.0 Å². The summed E-state index contributed by atoms with van der Waals surface area (Å²) >= 11 is 0. The molecule has 88 valence electrons. The highest BCUT2D eigenvalue weighted by atomic mass is 16.1. The molecule has 1 aromatic carbocycles. The Balaban J connectivity index is 2.73. The number of nitrogens with zero attached hydrogens (tertiary/aromatic N) is 3. The van der Waals surface area contributed by atoms with Crippen LogP contribution in [0.5, 0.6) is 0 Å². The zero-order valence-corrected chi connectivity index (χ0v) is 10.3. The molecule has 0 saturated carbocycles. The van der Waals surface area contributed by atoms with Crippen LogP contribution in [-0.2, 0) is 13.6 Å². The molecule has 4 heteroatoms. The van der Waals surface area contributed by atoms with Crippen molar-refractivity contribution in [1.82, 2.24) is 9.36 Å². The Morgan fingerprint density at radius 3 is 2.71 bits per heavy atom. The molecule has 4 nitrogen and oxygen atoms in total. The first-order valence-corrected chi connectivity index (χ1v) is 5.64. The van der Waals surface area contributed by atoms with Crippen LogP contribution in [0.1, 0.15) is 19.4 Å². The minimum atomic E-state index is -0.0201. The van der Waals surface area contributed by atoms with Gasteiger partial charge in [-0.15, -0.1) is 0 Å². The summed E-state index contributed by atoms with van der Waals surface area (Å²) in [5.41, 5.74) is 1.37. The summed E-state index contributed by atoms with van der Waals surface area (Å²) in [4.78, 5) is 12.2. The fraction of sp³-hybridized carbons (Fsp3) is 0.385. The van der Waals surface area contributed by atoms with Gasteiger partial charge in [-0.05, 0) is 24.1 Å². The standard InChI is InChI=1S/C13H15N3O/c1-9(2)8-16-13(17)11-6-10(7-14)4-5-12(11)15(16)3/h4-6,9H,8H2,1-3H3. The molecule has 0 aliphatic carbocycles. The Morgan fingerprint density at radius 1 is 1.41 bits per heavy atom. The Labute approximate surface area is 99.7 Å². The summed E-state index contributed by atoms with van der Waals surface area (Å²) < 4.78 is 3.58. The molecular formula is C13H15N3O. The number of fused-ring (bicyclic) bond motifs is 1. The molecule has 2 rings (SSSR count). The van der Waals surface area contributed by atoms with E-state index in [1.807, 2.05) is 17.8 Å². The number of aryl methyl sites for hydroxylation is 1. The minimum absolute atomic E-state index is 0.0201. The predicted molar refractivity (Wildman–Crippen MR) is 66.7 cm³/mol. The summed E-state index contributed by atoms with van der Waals surface area (Å²) in [7, 11) is 1.87. The lowest BCUT2D eigenvalue weighted by molar-refractivity contribution is 0.424. The summed E-state index contributed by atoms with van der Waals surface area (Å²) in [6.45, 7) is 4.83. The lowest BCUT2D eigenvalue weighted by atomic mass is 10.2. The summed E-state index contributed by atoms with van der Waals surface area (Å²) in [6.07, 6.45) is 0. The maximum atomic E-state index is 12.2. The van der Waals surface area contributed by atoms with E-state index >= 15 is 0 Å². The topological polar surface area (TPSA) is 50.7 Å². The van der Waals surface area contributed by atoms with Gasteiger partial charge in [-0.3, -0.25) is 9.48 Å². The number of hydrogen-bond donors (Lipinski definition) is 0. The average molecular weight is 229 g/mol. The van der Waals surface area contributed by atoms with E-state index in [9.17, 15) is 4.79 Å². The third kappa shape index (κ3) is 1.84. The van der Waals surface area contributed by atoms with E-state index in [4.69, 9.17) is 5.26 Å². The summed E-state index contributed by atoms with van der Waals surface area (Å²) in [5, 5.41) is 9.46. The van der Waals surface area contributed by atoms with Gasteiger partial charge in [0, 0.05) is 13.6 Å². The van der Waals surface area contributed by atoms with Crippen LogP contribution in [0.3, 0.4) is 0 Å². The number of benzene rings is 1. The van der Waals surface area contributed by atoms with Crippen LogP contribution >= 0.6 is 0 Å². The number of nitriles is 1. The van der Waals surface area contributed by atoms with Gasteiger partial charge in [-0.1, -0.05) is 13.8 Å². The molecule has 0 spiro atoms. The first kappa shape index (κ1) is 11.5. The van der Waals surface area contributed by atoms with Crippen LogP contribution in [0.15, 0.2) is 23.0 Å². The molecule has 0 fully saturated rings. The van der Waals surface area contributed by atoms with Gasteiger partial charge in [0.15, 0.2) is 0 Å². The van der Waals surface area contributed by atoms with Gasteiger partial charge in [-0.25, -0.2) is 4.68 Å². The maximum absolute atomic E-state index is 12.2. The smallest absolute Gasteiger partial charge is 0.274 e. The van der Waals surface area contributed by atoms with Crippen molar-refractivity contribution in [3.05, 3.63) is 34.1 Å². The first-order valence-electron chi connectivity index (χ1n) is 5.64. The Hall–Kier alpha value is -2.02. The van der Waals surface area contributed by atoms with Gasteiger partial charge in [0.1, 0.15) is 0 Å². The Kier molecular flexibility index (Phi) is 2.76. The quantitative estimate of drug-likeness (QED) is 0.789. The minimum Gasteiger partial charge on any atom is -0.285 e. The molecular weight excluding hydrogens is 214 g/mol. The number of hydrogen-bond acceptors (Lipinski definition) is 2. The molecule has 0 amide bonds. The third-order valence-corrected chi connectivity index (χ3v) is 2.84. The van der Waals surface area contributed by atoms with Crippen molar-refractivity contribution >= 4 is 10.9 Å². The molecule has 0 bridgehead atoms. The van der Waals surface area contributed by atoms with Crippen LogP contribution in [0.25, 0.3) is 10.9 Å². The van der Waals surface area contributed by atoms with Crippen molar-refractivity contribution in [2.75, 3.05) is 0 Å². The average Bonchev–Trinajstić information content (AvgIpc) is 2.53. The van der Waals surface area contributed by atoms with Crippen molar-refractivity contribution in [2.45, 2.75) is 20.4 Å². The van der Waals surface area contributed by atoms with Gasteiger partial charge in [0.25, 0.3) is 5.56 Å². The number of aromatic nitrogens is 2. The molecule has 2 aromatic rings. The molecule has 0 aliphatic heterocycles. The second-order valence-electron chi connectivity index (χ2n) is 4.65.